The number of likely N-dealkylation sites (tertiary alicyclic amines) is 1. The molecule has 0 unspecified atom stereocenters. The van der Waals surface area contributed by atoms with Crippen LogP contribution in [-0.4, -0.2) is 82.5 Å². The van der Waals surface area contributed by atoms with Gasteiger partial charge in [-0.05, 0) is 55.0 Å². The molecule has 1 saturated carbocycles. The molecule has 1 aliphatic heterocycles. The molecule has 2 fully saturated rings. The number of nitrogens with two attached hydrogens (primary N) is 1. The summed E-state index contributed by atoms with van der Waals surface area (Å²) in [5.41, 5.74) is 5.48. The number of aromatic carboxylic acids is 1. The first-order valence-corrected chi connectivity index (χ1v) is 12.5. The van der Waals surface area contributed by atoms with Crippen molar-refractivity contribution in [3.05, 3.63) is 23.3 Å². The number of carbonyl (C=O) groups excluding carboxylic acids is 1. The Bertz CT molecular complexity index is 886. The first-order chi connectivity index (χ1) is 16.6. The van der Waals surface area contributed by atoms with Gasteiger partial charge in [0.1, 0.15) is 23.2 Å². The molecule has 11 heteroatoms. The van der Waals surface area contributed by atoms with Gasteiger partial charge in [-0.3, -0.25) is 4.79 Å². The van der Waals surface area contributed by atoms with Crippen LogP contribution in [0.15, 0.2) is 12.1 Å². The molecule has 194 valence electrons. The van der Waals surface area contributed by atoms with Gasteiger partial charge >= 0.3 is 13.1 Å². The molecule has 3 rings (SSSR count). The van der Waals surface area contributed by atoms with Crippen molar-refractivity contribution in [3.63, 3.8) is 0 Å². The molecule has 0 radical (unpaired) electrons. The summed E-state index contributed by atoms with van der Waals surface area (Å²) in [6.45, 7) is 5.47. The molecule has 2 atom stereocenters. The summed E-state index contributed by atoms with van der Waals surface area (Å²) in [5, 5.41) is 42.6. The highest BCUT2D eigenvalue weighted by Gasteiger charge is 2.36. The van der Waals surface area contributed by atoms with Gasteiger partial charge in [-0.25, -0.2) is 4.79 Å². The van der Waals surface area contributed by atoms with Gasteiger partial charge in [0.15, 0.2) is 0 Å². The Balaban J connectivity index is 1.53. The predicted molar refractivity (Wildman–Crippen MR) is 132 cm³/mol. The lowest BCUT2D eigenvalue weighted by Gasteiger charge is -2.40. The molecule has 1 aliphatic carbocycles. The Hall–Kier alpha value is -2.34. The number of ether oxygens (including phenoxy) is 1. The molecule has 1 aromatic carbocycles. The minimum atomic E-state index is -1.60. The van der Waals surface area contributed by atoms with Gasteiger partial charge in [0.2, 0.25) is 5.91 Å². The number of carboxylic acids is 1. The molecule has 1 saturated heterocycles. The van der Waals surface area contributed by atoms with Crippen LogP contribution >= 0.6 is 0 Å². The van der Waals surface area contributed by atoms with Crippen LogP contribution in [-0.2, 0) is 4.79 Å². The second kappa shape index (κ2) is 12.1. The van der Waals surface area contributed by atoms with Crippen molar-refractivity contribution < 1.29 is 34.6 Å². The summed E-state index contributed by atoms with van der Waals surface area (Å²) in [6, 6.07) is 3.51. The average molecular weight is 491 g/mol. The Morgan fingerprint density at radius 3 is 2.43 bits per heavy atom. The number of amides is 1. The van der Waals surface area contributed by atoms with Crippen molar-refractivity contribution in [1.82, 2.24) is 10.2 Å². The maximum absolute atomic E-state index is 12.7. The first-order valence-electron chi connectivity index (χ1n) is 12.5. The third-order valence-corrected chi connectivity index (χ3v) is 7.52. The van der Waals surface area contributed by atoms with Gasteiger partial charge in [-0.2, -0.15) is 0 Å². The van der Waals surface area contributed by atoms with E-state index in [-0.39, 0.29) is 23.3 Å². The number of benzene rings is 1. The quantitative estimate of drug-likeness (QED) is 0.249. The largest absolute Gasteiger partial charge is 0.507 e. The average Bonchev–Trinajstić information content (AvgIpc) is 2.79. The summed E-state index contributed by atoms with van der Waals surface area (Å²) in [4.78, 5) is 26.3. The van der Waals surface area contributed by atoms with Gasteiger partial charge < -0.3 is 40.9 Å². The minimum absolute atomic E-state index is 0.0311. The van der Waals surface area contributed by atoms with Crippen LogP contribution in [0.1, 0.15) is 67.8 Å². The van der Waals surface area contributed by atoms with Crippen molar-refractivity contribution in [2.75, 3.05) is 26.2 Å². The van der Waals surface area contributed by atoms with Crippen molar-refractivity contribution >= 4 is 19.0 Å². The van der Waals surface area contributed by atoms with Crippen LogP contribution in [0.25, 0.3) is 0 Å². The molecule has 1 aromatic rings. The fourth-order valence-corrected chi connectivity index (χ4v) is 4.93. The monoisotopic (exact) mass is 491 g/mol. The molecule has 2 aliphatic rings. The molecule has 0 bridgehead atoms. The maximum atomic E-state index is 12.7. The summed E-state index contributed by atoms with van der Waals surface area (Å²) in [6.07, 6.45) is 4.29. The lowest BCUT2D eigenvalue weighted by Crippen LogP contribution is -2.56. The van der Waals surface area contributed by atoms with E-state index in [1.807, 2.05) is 0 Å². The fourth-order valence-electron chi connectivity index (χ4n) is 4.93. The zero-order chi connectivity index (χ0) is 25.7. The van der Waals surface area contributed by atoms with Crippen molar-refractivity contribution in [3.8, 4) is 11.5 Å². The summed E-state index contributed by atoms with van der Waals surface area (Å²) >= 11 is 0. The molecule has 0 spiro atoms. The van der Waals surface area contributed by atoms with Crippen LogP contribution in [0, 0.1) is 5.92 Å². The standard InChI is InChI=1S/C24H38BN3O7/c1-14(15(2)25(33)34)19-7-8-20(22(23(19)30)24(31)32)35-18-12-28(13-18)21(29)11-16-3-5-17(6-4-16)27-10-9-26/h7-8,14-18,27,30,33-34H,3-6,9-13,26H2,1-2H3,(H,31,32)/t14-,15+,16?,17?/m0/s1. The molecule has 35 heavy (non-hydrogen) atoms. The van der Waals surface area contributed by atoms with Crippen LogP contribution in [0.2, 0.25) is 5.82 Å². The number of aromatic hydroxyl groups is 1. The number of hydrogen-bond acceptors (Lipinski definition) is 8. The van der Waals surface area contributed by atoms with Crippen molar-refractivity contribution in [2.45, 2.75) is 69.8 Å². The van der Waals surface area contributed by atoms with Crippen LogP contribution in [0.3, 0.4) is 0 Å². The second-order valence-corrected chi connectivity index (χ2v) is 9.95. The molecular formula is C24H38BN3O7. The topological polar surface area (TPSA) is 166 Å². The zero-order valence-electron chi connectivity index (χ0n) is 20.5. The fraction of sp³-hybridized carbons (Fsp3) is 0.667. The predicted octanol–water partition coefficient (Wildman–Crippen LogP) is 1.14. The van der Waals surface area contributed by atoms with Gasteiger partial charge in [0.25, 0.3) is 0 Å². The molecule has 1 amide bonds. The first kappa shape index (κ1) is 27.3. The van der Waals surface area contributed by atoms with Crippen LogP contribution < -0.4 is 15.8 Å². The van der Waals surface area contributed by atoms with E-state index in [1.54, 1.807) is 24.8 Å². The van der Waals surface area contributed by atoms with Crippen molar-refractivity contribution in [1.29, 1.82) is 0 Å². The lowest BCUT2D eigenvalue weighted by atomic mass is 9.65. The second-order valence-electron chi connectivity index (χ2n) is 9.95. The number of carboxylic acid groups (broad SMARTS) is 1. The maximum Gasteiger partial charge on any atom is 0.455 e. The van der Waals surface area contributed by atoms with Crippen LogP contribution in [0.4, 0.5) is 0 Å². The normalized spacial score (nSPS) is 22.3. The number of nitrogens with one attached hydrogen (secondary N) is 1. The van der Waals surface area contributed by atoms with Crippen LogP contribution in [0.5, 0.6) is 11.5 Å². The summed E-state index contributed by atoms with van der Waals surface area (Å²) in [7, 11) is -1.60. The van der Waals surface area contributed by atoms with Gasteiger partial charge in [0, 0.05) is 25.6 Å². The molecule has 10 nitrogen and oxygen atoms in total. The van der Waals surface area contributed by atoms with Gasteiger partial charge in [-0.1, -0.05) is 19.9 Å². The smallest absolute Gasteiger partial charge is 0.455 e. The molecule has 0 aromatic heterocycles. The SMILES string of the molecule is C[C@H](c1ccc(OC2CN(C(=O)CC3CCC(NCCN)CC3)C2)c(C(=O)O)c1O)[C@@H](C)B(O)O. The Kier molecular flexibility index (Phi) is 9.40. The van der Waals surface area contributed by atoms with E-state index < -0.39 is 30.6 Å². The highest BCUT2D eigenvalue weighted by Crippen LogP contribution is 2.40. The van der Waals surface area contributed by atoms with E-state index in [1.165, 1.54) is 6.07 Å². The third-order valence-electron chi connectivity index (χ3n) is 7.52. The van der Waals surface area contributed by atoms with E-state index >= 15 is 0 Å². The van der Waals surface area contributed by atoms with E-state index in [0.717, 1.165) is 32.2 Å². The number of hydrogen-bond donors (Lipinski definition) is 6. The number of phenols is 1. The zero-order valence-corrected chi connectivity index (χ0v) is 20.5. The third kappa shape index (κ3) is 6.66. The summed E-state index contributed by atoms with van der Waals surface area (Å²) in [5.74, 6) is -2.40. The number of carbonyl (C=O) groups is 2. The highest BCUT2D eigenvalue weighted by atomic mass is 16.5. The molecular weight excluding hydrogens is 453 g/mol. The van der Waals surface area contributed by atoms with E-state index in [4.69, 9.17) is 10.5 Å². The lowest BCUT2D eigenvalue weighted by molar-refractivity contribution is -0.141. The molecule has 1 heterocycles. The van der Waals surface area contributed by atoms with E-state index in [2.05, 4.69) is 5.32 Å². The number of rotatable bonds is 11. The van der Waals surface area contributed by atoms with E-state index in [9.17, 15) is 29.9 Å². The van der Waals surface area contributed by atoms with Gasteiger partial charge in [-0.15, -0.1) is 0 Å². The van der Waals surface area contributed by atoms with Crippen molar-refractivity contribution in [2.24, 2.45) is 11.7 Å². The Morgan fingerprint density at radius 2 is 1.86 bits per heavy atom. The summed E-state index contributed by atoms with van der Waals surface area (Å²) < 4.78 is 5.84. The minimum Gasteiger partial charge on any atom is -0.507 e. The Morgan fingerprint density at radius 1 is 1.20 bits per heavy atom. The van der Waals surface area contributed by atoms with Gasteiger partial charge in [0.05, 0.1) is 13.1 Å². The highest BCUT2D eigenvalue weighted by molar-refractivity contribution is 6.43. The molecule has 7 N–H and O–H groups in total. The van der Waals surface area contributed by atoms with E-state index in [0.29, 0.717) is 43.6 Å². The Labute approximate surface area is 206 Å². The number of nitrogens with zero attached hydrogens (tertiary/aromatic N) is 1.